The molecule has 12 heteroatoms. The third-order valence-electron chi connectivity index (χ3n) is 4.85. The maximum atomic E-state index is 12.9. The SMILES string of the molecule is Nc1ccc(-c2ccc3c(c2)OCCc2sc(-c4nc(N)nn4CC(F)(F)F)nc2-3)cn1. The normalized spacial score (nSPS) is 13.2. The number of halogens is 3. The van der Waals surface area contributed by atoms with E-state index in [-0.39, 0.29) is 11.8 Å². The predicted octanol–water partition coefficient (Wildman–Crippen LogP) is 3.79. The first-order valence-corrected chi connectivity index (χ1v) is 10.3. The van der Waals surface area contributed by atoms with Crippen LogP contribution in [-0.2, 0) is 13.0 Å². The van der Waals surface area contributed by atoms with E-state index in [2.05, 4.69) is 20.1 Å². The topological polar surface area (TPSA) is 118 Å². The van der Waals surface area contributed by atoms with Crippen LogP contribution in [0.3, 0.4) is 0 Å². The number of aromatic nitrogens is 5. The standard InChI is InChI=1S/C20H16F3N7OS/c21-20(22,23)9-30-17(28-19(25)29-30)18-27-16-12-3-1-10(11-2-4-15(24)26-8-11)7-13(12)31-6-5-14(16)32-18/h1-4,7-8H,5-6,9H2,(H2,24,26)(H2,25,29). The molecule has 4 N–H and O–H groups in total. The van der Waals surface area contributed by atoms with E-state index in [1.807, 2.05) is 24.3 Å². The molecule has 164 valence electrons. The Hall–Kier alpha value is -3.67. The quantitative estimate of drug-likeness (QED) is 0.479. The van der Waals surface area contributed by atoms with E-state index in [9.17, 15) is 13.2 Å². The van der Waals surface area contributed by atoms with Crippen molar-refractivity contribution in [1.29, 1.82) is 0 Å². The van der Waals surface area contributed by atoms with Crippen molar-refractivity contribution in [3.8, 4) is 39.0 Å². The van der Waals surface area contributed by atoms with Crippen molar-refractivity contribution in [3.63, 3.8) is 0 Å². The average molecular weight is 459 g/mol. The zero-order valence-electron chi connectivity index (χ0n) is 16.4. The second kappa shape index (κ2) is 7.48. The highest BCUT2D eigenvalue weighted by molar-refractivity contribution is 7.15. The maximum Gasteiger partial charge on any atom is 0.408 e. The lowest BCUT2D eigenvalue weighted by atomic mass is 10.0. The number of thiazole rings is 1. The van der Waals surface area contributed by atoms with Gasteiger partial charge in [-0.05, 0) is 29.8 Å². The number of anilines is 2. The summed E-state index contributed by atoms with van der Waals surface area (Å²) in [5.74, 6) is 0.815. The van der Waals surface area contributed by atoms with E-state index in [1.54, 1.807) is 12.3 Å². The number of nitrogens with two attached hydrogens (primary N) is 2. The second-order valence-electron chi connectivity index (χ2n) is 7.14. The molecule has 5 rings (SSSR count). The first kappa shape index (κ1) is 20.2. The molecule has 0 aliphatic carbocycles. The Morgan fingerprint density at radius 2 is 1.91 bits per heavy atom. The van der Waals surface area contributed by atoms with Crippen LogP contribution in [0.15, 0.2) is 36.5 Å². The number of rotatable bonds is 3. The Bertz CT molecular complexity index is 1300. The van der Waals surface area contributed by atoms with E-state index < -0.39 is 12.7 Å². The molecule has 0 radical (unpaired) electrons. The van der Waals surface area contributed by atoms with Crippen LogP contribution in [0.4, 0.5) is 24.9 Å². The van der Waals surface area contributed by atoms with Crippen molar-refractivity contribution in [1.82, 2.24) is 24.7 Å². The van der Waals surface area contributed by atoms with Crippen LogP contribution in [0.2, 0.25) is 0 Å². The number of benzene rings is 1. The van der Waals surface area contributed by atoms with Crippen LogP contribution in [-0.4, -0.2) is 37.5 Å². The average Bonchev–Trinajstić information content (AvgIpc) is 3.25. The summed E-state index contributed by atoms with van der Waals surface area (Å²) >= 11 is 1.26. The Morgan fingerprint density at radius 3 is 2.66 bits per heavy atom. The van der Waals surface area contributed by atoms with Crippen LogP contribution >= 0.6 is 11.3 Å². The molecule has 0 bridgehead atoms. The van der Waals surface area contributed by atoms with Crippen molar-refractivity contribution >= 4 is 23.1 Å². The Morgan fingerprint density at radius 1 is 1.09 bits per heavy atom. The Kier molecular flexibility index (Phi) is 4.73. The third kappa shape index (κ3) is 3.84. The fourth-order valence-corrected chi connectivity index (χ4v) is 4.52. The molecular weight excluding hydrogens is 443 g/mol. The largest absolute Gasteiger partial charge is 0.492 e. The summed E-state index contributed by atoms with van der Waals surface area (Å²) in [5, 5.41) is 4.01. The Labute approximate surface area is 183 Å². The molecule has 0 unspecified atom stereocenters. The number of ether oxygens (including phenoxy) is 1. The lowest BCUT2D eigenvalue weighted by Gasteiger charge is -2.10. The molecule has 1 aromatic carbocycles. The van der Waals surface area contributed by atoms with E-state index in [0.29, 0.717) is 35.3 Å². The predicted molar refractivity (Wildman–Crippen MR) is 114 cm³/mol. The molecule has 4 aromatic rings. The molecule has 3 aromatic heterocycles. The minimum Gasteiger partial charge on any atom is -0.492 e. The van der Waals surface area contributed by atoms with Gasteiger partial charge < -0.3 is 16.2 Å². The van der Waals surface area contributed by atoms with Crippen molar-refractivity contribution in [2.75, 3.05) is 18.1 Å². The summed E-state index contributed by atoms with van der Waals surface area (Å²) in [4.78, 5) is 13.6. The number of pyridine rings is 1. The second-order valence-corrected chi connectivity index (χ2v) is 8.22. The zero-order valence-corrected chi connectivity index (χ0v) is 17.2. The van der Waals surface area contributed by atoms with Gasteiger partial charge in [-0.25, -0.2) is 14.6 Å². The van der Waals surface area contributed by atoms with Crippen LogP contribution in [0.1, 0.15) is 4.88 Å². The van der Waals surface area contributed by atoms with Gasteiger partial charge in [0.1, 0.15) is 18.1 Å². The van der Waals surface area contributed by atoms with Crippen molar-refractivity contribution < 1.29 is 17.9 Å². The van der Waals surface area contributed by atoms with Gasteiger partial charge in [-0.2, -0.15) is 18.2 Å². The molecule has 4 heterocycles. The highest BCUT2D eigenvalue weighted by Crippen LogP contribution is 2.41. The minimum absolute atomic E-state index is 0.00932. The van der Waals surface area contributed by atoms with Crippen molar-refractivity contribution in [2.24, 2.45) is 0 Å². The number of fused-ring (bicyclic) bond motifs is 3. The van der Waals surface area contributed by atoms with E-state index in [0.717, 1.165) is 26.2 Å². The lowest BCUT2D eigenvalue weighted by molar-refractivity contribution is -0.142. The summed E-state index contributed by atoms with van der Waals surface area (Å²) in [6.45, 7) is -0.891. The van der Waals surface area contributed by atoms with Gasteiger partial charge in [0, 0.05) is 28.6 Å². The van der Waals surface area contributed by atoms with Gasteiger partial charge >= 0.3 is 6.18 Å². The van der Waals surface area contributed by atoms with Crippen LogP contribution in [0.5, 0.6) is 5.75 Å². The summed E-state index contributed by atoms with van der Waals surface area (Å²) in [5.41, 5.74) is 14.4. The fraction of sp³-hybridized carbons (Fsp3) is 0.200. The third-order valence-corrected chi connectivity index (χ3v) is 5.96. The van der Waals surface area contributed by atoms with Gasteiger partial charge in [-0.15, -0.1) is 16.4 Å². The first-order valence-electron chi connectivity index (χ1n) is 9.53. The van der Waals surface area contributed by atoms with E-state index in [1.165, 1.54) is 11.3 Å². The molecule has 1 aliphatic heterocycles. The van der Waals surface area contributed by atoms with Gasteiger partial charge in [0.2, 0.25) is 5.95 Å². The maximum absolute atomic E-state index is 12.9. The van der Waals surface area contributed by atoms with Gasteiger partial charge in [0.15, 0.2) is 10.8 Å². The van der Waals surface area contributed by atoms with Gasteiger partial charge in [0.05, 0.1) is 12.3 Å². The van der Waals surface area contributed by atoms with Crippen molar-refractivity contribution in [2.45, 2.75) is 19.1 Å². The zero-order chi connectivity index (χ0) is 22.5. The fourth-order valence-electron chi connectivity index (χ4n) is 3.47. The summed E-state index contributed by atoms with van der Waals surface area (Å²) in [6, 6.07) is 9.26. The number of nitrogens with zero attached hydrogens (tertiary/aromatic N) is 5. The Balaban J connectivity index is 1.55. The number of hydrogen-bond acceptors (Lipinski definition) is 8. The first-order chi connectivity index (χ1) is 15.3. The number of alkyl halides is 3. The molecule has 0 atom stereocenters. The number of hydrogen-bond donors (Lipinski definition) is 2. The molecule has 8 nitrogen and oxygen atoms in total. The molecule has 32 heavy (non-hydrogen) atoms. The molecule has 0 spiro atoms. The van der Waals surface area contributed by atoms with Crippen LogP contribution in [0, 0.1) is 0 Å². The van der Waals surface area contributed by atoms with Gasteiger partial charge in [0.25, 0.3) is 0 Å². The minimum atomic E-state index is -4.46. The van der Waals surface area contributed by atoms with E-state index in [4.69, 9.17) is 16.2 Å². The summed E-state index contributed by atoms with van der Waals surface area (Å²) in [7, 11) is 0. The summed E-state index contributed by atoms with van der Waals surface area (Å²) in [6.07, 6.45) is -2.22. The monoisotopic (exact) mass is 459 g/mol. The van der Waals surface area contributed by atoms with Crippen LogP contribution < -0.4 is 16.2 Å². The molecule has 1 aliphatic rings. The van der Waals surface area contributed by atoms with Crippen molar-refractivity contribution in [3.05, 3.63) is 41.4 Å². The highest BCUT2D eigenvalue weighted by Gasteiger charge is 2.32. The van der Waals surface area contributed by atoms with Gasteiger partial charge in [-0.1, -0.05) is 6.07 Å². The van der Waals surface area contributed by atoms with Gasteiger partial charge in [-0.3, -0.25) is 0 Å². The number of nitrogen functional groups attached to an aromatic ring is 2. The molecule has 0 amide bonds. The van der Waals surface area contributed by atoms with Crippen LogP contribution in [0.25, 0.3) is 33.2 Å². The molecule has 0 saturated carbocycles. The summed E-state index contributed by atoms with van der Waals surface area (Å²) < 4.78 is 45.5. The molecule has 0 saturated heterocycles. The lowest BCUT2D eigenvalue weighted by Crippen LogP contribution is -2.19. The molecular formula is C20H16F3N7OS. The smallest absolute Gasteiger partial charge is 0.408 e. The molecule has 0 fully saturated rings. The highest BCUT2D eigenvalue weighted by atomic mass is 32.1. The van der Waals surface area contributed by atoms with E-state index >= 15 is 0 Å².